The van der Waals surface area contributed by atoms with Crippen LogP contribution in [0.3, 0.4) is 0 Å². The van der Waals surface area contributed by atoms with Gasteiger partial charge in [0.1, 0.15) is 11.6 Å². The van der Waals surface area contributed by atoms with E-state index in [0.29, 0.717) is 23.8 Å². The van der Waals surface area contributed by atoms with Crippen molar-refractivity contribution in [2.24, 2.45) is 0 Å². The van der Waals surface area contributed by atoms with Crippen molar-refractivity contribution in [3.05, 3.63) is 29.8 Å². The molecule has 2 saturated heterocycles. The molecule has 98 valence electrons. The average Bonchev–Trinajstić information content (AvgIpc) is 2.63. The molecule has 2 heterocycles. The van der Waals surface area contributed by atoms with E-state index in [-0.39, 0.29) is 11.6 Å². The first-order chi connectivity index (χ1) is 8.69. The monoisotopic (exact) mass is 252 g/mol. The second-order valence-electron chi connectivity index (χ2n) is 5.35. The molecule has 2 aliphatic heterocycles. The highest BCUT2D eigenvalue weighted by Gasteiger charge is 2.41. The second-order valence-corrected chi connectivity index (χ2v) is 5.35. The minimum absolute atomic E-state index is 0.309. The molecule has 0 amide bonds. The Morgan fingerprint density at radius 1 is 1.17 bits per heavy atom. The summed E-state index contributed by atoms with van der Waals surface area (Å²) in [5, 5.41) is 3.31. The summed E-state index contributed by atoms with van der Waals surface area (Å²) in [4.78, 5) is 2.10. The summed E-state index contributed by atoms with van der Waals surface area (Å²) in [7, 11) is 1.97. The second kappa shape index (κ2) is 4.50. The summed E-state index contributed by atoms with van der Waals surface area (Å²) in [5.74, 6) is -0.669. The highest BCUT2D eigenvalue weighted by atomic mass is 19.1. The SMILES string of the molecule is CNC1CC2CCC(C1)N2c1cc(F)ccc1F. The molecule has 2 atom stereocenters. The molecule has 2 nitrogen and oxygen atoms in total. The Hall–Kier alpha value is -1.16. The minimum Gasteiger partial charge on any atom is -0.363 e. The predicted octanol–water partition coefficient (Wildman–Crippen LogP) is 2.68. The van der Waals surface area contributed by atoms with Gasteiger partial charge in [-0.3, -0.25) is 0 Å². The quantitative estimate of drug-likeness (QED) is 0.870. The Bertz CT molecular complexity index is 435. The lowest BCUT2D eigenvalue weighted by molar-refractivity contribution is 0.370. The highest BCUT2D eigenvalue weighted by Crippen LogP contribution is 2.40. The van der Waals surface area contributed by atoms with E-state index < -0.39 is 0 Å². The van der Waals surface area contributed by atoms with Crippen molar-refractivity contribution >= 4 is 5.69 Å². The van der Waals surface area contributed by atoms with Gasteiger partial charge in [0, 0.05) is 24.2 Å². The van der Waals surface area contributed by atoms with Gasteiger partial charge in [-0.05, 0) is 44.9 Å². The summed E-state index contributed by atoms with van der Waals surface area (Å²) in [5.41, 5.74) is 0.442. The van der Waals surface area contributed by atoms with Crippen LogP contribution in [0.5, 0.6) is 0 Å². The Morgan fingerprint density at radius 3 is 2.44 bits per heavy atom. The molecule has 0 spiro atoms. The Kier molecular flexibility index (Phi) is 2.98. The van der Waals surface area contributed by atoms with Crippen LogP contribution in [0.1, 0.15) is 25.7 Å². The zero-order valence-corrected chi connectivity index (χ0v) is 10.5. The number of hydrogen-bond donors (Lipinski definition) is 1. The van der Waals surface area contributed by atoms with Crippen LogP contribution in [0.2, 0.25) is 0 Å². The van der Waals surface area contributed by atoms with Gasteiger partial charge in [0.25, 0.3) is 0 Å². The third-order valence-electron chi connectivity index (χ3n) is 4.33. The number of hydrogen-bond acceptors (Lipinski definition) is 2. The smallest absolute Gasteiger partial charge is 0.146 e. The number of nitrogens with one attached hydrogen (secondary N) is 1. The van der Waals surface area contributed by atoms with Gasteiger partial charge in [-0.1, -0.05) is 0 Å². The van der Waals surface area contributed by atoms with Crippen LogP contribution in [0, 0.1) is 11.6 Å². The molecule has 18 heavy (non-hydrogen) atoms. The molecule has 3 rings (SSSR count). The molecule has 2 fully saturated rings. The van der Waals surface area contributed by atoms with Gasteiger partial charge < -0.3 is 10.2 Å². The Labute approximate surface area is 106 Å². The first kappa shape index (κ1) is 11.9. The molecule has 0 aromatic heterocycles. The Balaban J connectivity index is 1.91. The number of nitrogens with zero attached hydrogens (tertiary/aromatic N) is 1. The maximum absolute atomic E-state index is 13.9. The predicted molar refractivity (Wildman–Crippen MR) is 67.7 cm³/mol. The molecule has 1 aromatic carbocycles. The molecule has 2 unspecified atom stereocenters. The molecule has 0 radical (unpaired) electrons. The van der Waals surface area contributed by atoms with E-state index in [2.05, 4.69) is 10.2 Å². The number of fused-ring (bicyclic) bond motifs is 2. The van der Waals surface area contributed by atoms with Crippen LogP contribution < -0.4 is 10.2 Å². The number of halogens is 2. The summed E-state index contributed by atoms with van der Waals surface area (Å²) < 4.78 is 27.2. The molecule has 2 bridgehead atoms. The van der Waals surface area contributed by atoms with Crippen molar-refractivity contribution in [3.8, 4) is 0 Å². The van der Waals surface area contributed by atoms with Crippen LogP contribution in [-0.4, -0.2) is 25.2 Å². The first-order valence-corrected chi connectivity index (χ1v) is 6.59. The Morgan fingerprint density at radius 2 is 1.83 bits per heavy atom. The van der Waals surface area contributed by atoms with Crippen molar-refractivity contribution < 1.29 is 8.78 Å². The third-order valence-corrected chi connectivity index (χ3v) is 4.33. The van der Waals surface area contributed by atoms with E-state index in [1.54, 1.807) is 0 Å². The number of anilines is 1. The van der Waals surface area contributed by atoms with Crippen molar-refractivity contribution in [1.29, 1.82) is 0 Å². The van der Waals surface area contributed by atoms with Gasteiger partial charge in [-0.15, -0.1) is 0 Å². The van der Waals surface area contributed by atoms with Crippen LogP contribution in [-0.2, 0) is 0 Å². The van der Waals surface area contributed by atoms with Crippen molar-refractivity contribution in [3.63, 3.8) is 0 Å². The van der Waals surface area contributed by atoms with E-state index in [9.17, 15) is 8.78 Å². The molecule has 0 aliphatic carbocycles. The molecule has 0 saturated carbocycles. The number of piperidine rings is 1. The van der Waals surface area contributed by atoms with Crippen LogP contribution in [0.4, 0.5) is 14.5 Å². The summed E-state index contributed by atoms with van der Waals surface area (Å²) in [6.45, 7) is 0. The normalized spacial score (nSPS) is 30.8. The van der Waals surface area contributed by atoms with E-state index in [4.69, 9.17) is 0 Å². The lowest BCUT2D eigenvalue weighted by Gasteiger charge is -2.40. The van der Waals surface area contributed by atoms with Crippen LogP contribution in [0.25, 0.3) is 0 Å². The minimum atomic E-state index is -0.360. The fourth-order valence-corrected chi connectivity index (χ4v) is 3.49. The molecule has 4 heteroatoms. The first-order valence-electron chi connectivity index (χ1n) is 6.59. The zero-order valence-electron chi connectivity index (χ0n) is 10.5. The average molecular weight is 252 g/mol. The van der Waals surface area contributed by atoms with Gasteiger partial charge in [0.05, 0.1) is 5.69 Å². The highest BCUT2D eigenvalue weighted by molar-refractivity contribution is 5.52. The fourth-order valence-electron chi connectivity index (χ4n) is 3.49. The van der Waals surface area contributed by atoms with Gasteiger partial charge >= 0.3 is 0 Å². The summed E-state index contributed by atoms with van der Waals surface area (Å²) >= 11 is 0. The van der Waals surface area contributed by atoms with Gasteiger partial charge in [-0.2, -0.15) is 0 Å². The molecular weight excluding hydrogens is 234 g/mol. The van der Waals surface area contributed by atoms with E-state index in [1.807, 2.05) is 7.05 Å². The maximum Gasteiger partial charge on any atom is 0.146 e. The van der Waals surface area contributed by atoms with Gasteiger partial charge in [0.15, 0.2) is 0 Å². The zero-order chi connectivity index (χ0) is 12.7. The number of benzene rings is 1. The lowest BCUT2D eigenvalue weighted by atomic mass is 9.96. The van der Waals surface area contributed by atoms with Crippen molar-refractivity contribution in [2.75, 3.05) is 11.9 Å². The molecule has 1 aromatic rings. The molecule has 2 aliphatic rings. The maximum atomic E-state index is 13.9. The van der Waals surface area contributed by atoms with Crippen molar-refractivity contribution in [2.45, 2.75) is 43.8 Å². The van der Waals surface area contributed by atoms with E-state index in [1.165, 1.54) is 18.2 Å². The molecule has 1 N–H and O–H groups in total. The number of rotatable bonds is 2. The van der Waals surface area contributed by atoms with E-state index in [0.717, 1.165) is 25.7 Å². The topological polar surface area (TPSA) is 15.3 Å². The van der Waals surface area contributed by atoms with Gasteiger partial charge in [-0.25, -0.2) is 8.78 Å². The lowest BCUT2D eigenvalue weighted by Crippen LogP contribution is -2.48. The van der Waals surface area contributed by atoms with Crippen LogP contribution in [0.15, 0.2) is 18.2 Å². The fraction of sp³-hybridized carbons (Fsp3) is 0.571. The standard InChI is InChI=1S/C14H18F2N2/c1-17-10-7-11-3-4-12(8-10)18(11)14-6-9(15)2-5-13(14)16/h2,5-6,10-12,17H,3-4,7-8H2,1H3. The molecular formula is C14H18F2N2. The van der Waals surface area contributed by atoms with Crippen LogP contribution >= 0.6 is 0 Å². The van der Waals surface area contributed by atoms with Crippen molar-refractivity contribution in [1.82, 2.24) is 5.32 Å². The van der Waals surface area contributed by atoms with E-state index >= 15 is 0 Å². The largest absolute Gasteiger partial charge is 0.363 e. The summed E-state index contributed by atoms with van der Waals surface area (Å²) in [6, 6.07) is 4.95. The third kappa shape index (κ3) is 1.88. The summed E-state index contributed by atoms with van der Waals surface area (Å²) in [6.07, 6.45) is 4.20. The van der Waals surface area contributed by atoms with Gasteiger partial charge in [0.2, 0.25) is 0 Å².